The Morgan fingerprint density at radius 1 is 1.03 bits per heavy atom. The Labute approximate surface area is 176 Å². The first-order chi connectivity index (χ1) is 14.5. The van der Waals surface area contributed by atoms with Gasteiger partial charge < -0.3 is 4.90 Å². The molecular weight excluding hydrogens is 382 g/mol. The van der Waals surface area contributed by atoms with Crippen LogP contribution in [-0.2, 0) is 6.54 Å². The predicted molar refractivity (Wildman–Crippen MR) is 113 cm³/mol. The molecule has 156 valence electrons. The first-order valence-electron chi connectivity index (χ1n) is 10.7. The van der Waals surface area contributed by atoms with E-state index in [4.69, 9.17) is 5.26 Å². The van der Waals surface area contributed by atoms with Crippen molar-refractivity contribution < 1.29 is 8.78 Å². The molecular formula is C24H26F2N4. The summed E-state index contributed by atoms with van der Waals surface area (Å²) in [6, 6.07) is 9.78. The van der Waals surface area contributed by atoms with Crippen LogP contribution < -0.4 is 4.90 Å². The second kappa shape index (κ2) is 7.33. The minimum atomic E-state index is -0.537. The maximum absolute atomic E-state index is 15.1. The van der Waals surface area contributed by atoms with Gasteiger partial charge >= 0.3 is 0 Å². The Kier molecular flexibility index (Phi) is 4.76. The number of anilines is 1. The lowest BCUT2D eigenvalue weighted by Gasteiger charge is -2.48. The Balaban J connectivity index is 1.52. The van der Waals surface area contributed by atoms with Crippen LogP contribution in [-0.4, -0.2) is 55.1 Å². The second-order valence-corrected chi connectivity index (χ2v) is 8.93. The molecule has 3 aliphatic heterocycles. The topological polar surface area (TPSA) is 33.5 Å². The quantitative estimate of drug-likeness (QED) is 0.766. The number of likely N-dealkylation sites (N-methyl/N-ethyl adjacent to an activating group) is 1. The summed E-state index contributed by atoms with van der Waals surface area (Å²) in [7, 11) is 2.18. The fourth-order valence-corrected chi connectivity index (χ4v) is 5.14. The van der Waals surface area contributed by atoms with Crippen molar-refractivity contribution in [2.45, 2.75) is 31.3 Å². The number of benzene rings is 2. The highest BCUT2D eigenvalue weighted by Gasteiger charge is 2.47. The largest absolute Gasteiger partial charge is 0.371 e. The van der Waals surface area contributed by atoms with E-state index in [1.807, 2.05) is 6.07 Å². The minimum absolute atomic E-state index is 0.0265. The lowest BCUT2D eigenvalue weighted by atomic mass is 9.84. The fraction of sp³-hybridized carbons (Fsp3) is 0.458. The number of rotatable bonds is 4. The monoisotopic (exact) mass is 408 g/mol. The summed E-state index contributed by atoms with van der Waals surface area (Å²) in [6.45, 7) is 5.42. The Morgan fingerprint density at radius 2 is 1.83 bits per heavy atom. The van der Waals surface area contributed by atoms with Crippen LogP contribution in [0.25, 0.3) is 11.1 Å². The van der Waals surface area contributed by atoms with Crippen LogP contribution in [0.15, 0.2) is 30.3 Å². The smallest absolute Gasteiger partial charge is 0.141 e. The van der Waals surface area contributed by atoms with E-state index in [2.05, 4.69) is 21.7 Å². The van der Waals surface area contributed by atoms with E-state index in [1.165, 1.54) is 24.6 Å². The summed E-state index contributed by atoms with van der Waals surface area (Å²) < 4.78 is 29.4. The van der Waals surface area contributed by atoms with Gasteiger partial charge in [0.2, 0.25) is 0 Å². The lowest BCUT2D eigenvalue weighted by Crippen LogP contribution is -2.59. The normalized spacial score (nSPS) is 24.0. The summed E-state index contributed by atoms with van der Waals surface area (Å²) in [5.41, 5.74) is 3.40. The fourth-order valence-electron chi connectivity index (χ4n) is 5.14. The number of likely N-dealkylation sites (tertiary alicyclic amines) is 2. The van der Waals surface area contributed by atoms with E-state index in [0.717, 1.165) is 56.8 Å². The molecule has 3 aliphatic rings. The molecule has 0 aliphatic carbocycles. The van der Waals surface area contributed by atoms with Gasteiger partial charge in [0.25, 0.3) is 0 Å². The van der Waals surface area contributed by atoms with Crippen LogP contribution in [0.1, 0.15) is 30.4 Å². The van der Waals surface area contributed by atoms with Gasteiger partial charge in [-0.25, -0.2) is 8.78 Å². The summed E-state index contributed by atoms with van der Waals surface area (Å²) in [5.74, 6) is -0.734. The van der Waals surface area contributed by atoms with Crippen molar-refractivity contribution in [1.29, 1.82) is 5.26 Å². The second-order valence-electron chi connectivity index (χ2n) is 8.93. The van der Waals surface area contributed by atoms with Crippen molar-refractivity contribution in [2.24, 2.45) is 0 Å². The molecule has 0 bridgehead atoms. The molecule has 2 aromatic carbocycles. The van der Waals surface area contributed by atoms with Crippen molar-refractivity contribution in [3.8, 4) is 17.2 Å². The predicted octanol–water partition coefficient (Wildman–Crippen LogP) is 3.99. The molecule has 5 rings (SSSR count). The maximum Gasteiger partial charge on any atom is 0.141 e. The first-order valence-corrected chi connectivity index (χ1v) is 10.7. The molecule has 0 saturated carbocycles. The van der Waals surface area contributed by atoms with Crippen LogP contribution in [0.5, 0.6) is 0 Å². The Morgan fingerprint density at radius 3 is 2.40 bits per heavy atom. The van der Waals surface area contributed by atoms with Crippen LogP contribution >= 0.6 is 0 Å². The number of halogens is 2. The van der Waals surface area contributed by atoms with Gasteiger partial charge in [-0.05, 0) is 56.1 Å². The molecule has 3 fully saturated rings. The van der Waals surface area contributed by atoms with Gasteiger partial charge in [0.1, 0.15) is 17.7 Å². The number of hydrogen-bond acceptors (Lipinski definition) is 4. The van der Waals surface area contributed by atoms with Gasteiger partial charge in [-0.15, -0.1) is 0 Å². The molecule has 30 heavy (non-hydrogen) atoms. The van der Waals surface area contributed by atoms with Gasteiger partial charge in [-0.2, -0.15) is 5.26 Å². The van der Waals surface area contributed by atoms with E-state index in [9.17, 15) is 4.39 Å². The van der Waals surface area contributed by atoms with Gasteiger partial charge in [0.05, 0.1) is 11.3 Å². The SMILES string of the molecule is CN1CCC12CCN(Cc1c(F)ccc(-c3ccc(C#N)c(F)c3)c1N1CCC1)C2. The third kappa shape index (κ3) is 3.08. The summed E-state index contributed by atoms with van der Waals surface area (Å²) in [5, 5.41) is 9.04. The van der Waals surface area contributed by atoms with E-state index in [0.29, 0.717) is 17.7 Å². The van der Waals surface area contributed by atoms with Crippen LogP contribution in [0.3, 0.4) is 0 Å². The van der Waals surface area contributed by atoms with Gasteiger partial charge in [0.15, 0.2) is 0 Å². The van der Waals surface area contributed by atoms with Crippen molar-refractivity contribution >= 4 is 5.69 Å². The number of hydrogen-bond donors (Lipinski definition) is 0. The van der Waals surface area contributed by atoms with Crippen molar-refractivity contribution in [3.63, 3.8) is 0 Å². The zero-order valence-corrected chi connectivity index (χ0v) is 17.3. The highest BCUT2D eigenvalue weighted by atomic mass is 19.1. The molecule has 1 unspecified atom stereocenters. The van der Waals surface area contributed by atoms with E-state index in [-0.39, 0.29) is 16.9 Å². The molecule has 3 saturated heterocycles. The average Bonchev–Trinajstić information content (AvgIpc) is 3.15. The van der Waals surface area contributed by atoms with Crippen LogP contribution in [0.2, 0.25) is 0 Å². The van der Waals surface area contributed by atoms with E-state index < -0.39 is 5.82 Å². The molecule has 4 nitrogen and oxygen atoms in total. The highest BCUT2D eigenvalue weighted by molar-refractivity contribution is 5.82. The zero-order chi connectivity index (χ0) is 20.9. The molecule has 0 radical (unpaired) electrons. The van der Waals surface area contributed by atoms with E-state index in [1.54, 1.807) is 12.1 Å². The third-order valence-corrected chi connectivity index (χ3v) is 7.31. The van der Waals surface area contributed by atoms with Gasteiger partial charge in [-0.3, -0.25) is 9.80 Å². The summed E-state index contributed by atoms with van der Waals surface area (Å²) in [4.78, 5) is 6.99. The molecule has 0 N–H and O–H groups in total. The van der Waals surface area contributed by atoms with Crippen LogP contribution in [0, 0.1) is 23.0 Å². The summed E-state index contributed by atoms with van der Waals surface area (Å²) in [6.07, 6.45) is 3.42. The van der Waals surface area contributed by atoms with Crippen molar-refractivity contribution in [2.75, 3.05) is 44.7 Å². The lowest BCUT2D eigenvalue weighted by molar-refractivity contribution is 0.0188. The van der Waals surface area contributed by atoms with Gasteiger partial charge in [-0.1, -0.05) is 6.07 Å². The first kappa shape index (κ1) is 19.5. The Bertz CT molecular complexity index is 1030. The molecule has 0 amide bonds. The molecule has 0 aromatic heterocycles. The Hall–Kier alpha value is -2.49. The minimum Gasteiger partial charge on any atom is -0.371 e. The average molecular weight is 408 g/mol. The molecule has 1 atom stereocenters. The molecule has 3 heterocycles. The zero-order valence-electron chi connectivity index (χ0n) is 17.3. The number of nitrogens with zero attached hydrogens (tertiary/aromatic N) is 4. The highest BCUT2D eigenvalue weighted by Crippen LogP contribution is 2.42. The molecule has 6 heteroatoms. The van der Waals surface area contributed by atoms with E-state index >= 15 is 4.39 Å². The van der Waals surface area contributed by atoms with Crippen LogP contribution in [0.4, 0.5) is 14.5 Å². The van der Waals surface area contributed by atoms with Crippen molar-refractivity contribution in [3.05, 3.63) is 53.1 Å². The third-order valence-electron chi connectivity index (χ3n) is 7.31. The van der Waals surface area contributed by atoms with Crippen molar-refractivity contribution in [1.82, 2.24) is 9.80 Å². The summed E-state index contributed by atoms with van der Waals surface area (Å²) >= 11 is 0. The van der Waals surface area contributed by atoms with Gasteiger partial charge in [0, 0.05) is 55.9 Å². The standard InChI is InChI=1S/C24H26F2N4/c1-28-11-7-24(28)8-12-29(16-24)15-20-21(25)6-5-19(23(20)30-9-2-10-30)17-3-4-18(14-27)22(26)13-17/h3-6,13H,2,7-12,15-16H2,1H3. The number of nitriles is 1. The molecule has 2 aromatic rings. The maximum atomic E-state index is 15.1. The molecule has 1 spiro atoms.